The number of rotatable bonds is 5. The van der Waals surface area contributed by atoms with E-state index in [0.29, 0.717) is 12.1 Å². The molecule has 0 atom stereocenters. The number of nitrogens with zero attached hydrogens (tertiary/aromatic N) is 2. The van der Waals surface area contributed by atoms with E-state index in [1.807, 2.05) is 30.8 Å². The molecular formula is C15H19N3O2. The topological polar surface area (TPSA) is 67.2 Å². The van der Waals surface area contributed by atoms with Crippen LogP contribution in [0.4, 0.5) is 5.69 Å². The Morgan fingerprint density at radius 3 is 2.75 bits per heavy atom. The Kier molecular flexibility index (Phi) is 4.08. The summed E-state index contributed by atoms with van der Waals surface area (Å²) in [7, 11) is 0. The highest BCUT2D eigenvalue weighted by Gasteiger charge is 2.08. The quantitative estimate of drug-likeness (QED) is 0.879. The van der Waals surface area contributed by atoms with Gasteiger partial charge >= 0.3 is 5.97 Å². The van der Waals surface area contributed by atoms with Crippen molar-refractivity contribution in [2.75, 3.05) is 5.32 Å². The first-order valence-electron chi connectivity index (χ1n) is 6.62. The number of aromatic carboxylic acids is 1. The van der Waals surface area contributed by atoms with Crippen LogP contribution in [0.3, 0.4) is 0 Å². The SMILES string of the molecule is CCn1ncc(CNc2cc(C(=O)O)ccc2C)c1C. The number of hydrogen-bond donors (Lipinski definition) is 2. The Balaban J connectivity index is 2.16. The molecular weight excluding hydrogens is 254 g/mol. The molecule has 1 aromatic heterocycles. The Bertz CT molecular complexity index is 632. The molecule has 5 heteroatoms. The van der Waals surface area contributed by atoms with Gasteiger partial charge in [0, 0.05) is 30.0 Å². The summed E-state index contributed by atoms with van der Waals surface area (Å²) in [5, 5.41) is 16.6. The zero-order valence-electron chi connectivity index (χ0n) is 12.0. The second kappa shape index (κ2) is 5.77. The molecule has 0 aliphatic rings. The number of carboxylic acids is 1. The standard InChI is InChI=1S/C15H19N3O2/c1-4-18-11(3)13(9-17-18)8-16-14-7-12(15(19)20)6-5-10(14)2/h5-7,9,16H,4,8H2,1-3H3,(H,19,20). The van der Waals surface area contributed by atoms with E-state index >= 15 is 0 Å². The summed E-state index contributed by atoms with van der Waals surface area (Å²) >= 11 is 0. The fraction of sp³-hybridized carbons (Fsp3) is 0.333. The van der Waals surface area contributed by atoms with Crippen molar-refractivity contribution in [1.82, 2.24) is 9.78 Å². The monoisotopic (exact) mass is 273 g/mol. The van der Waals surface area contributed by atoms with Crippen LogP contribution in [0.2, 0.25) is 0 Å². The smallest absolute Gasteiger partial charge is 0.335 e. The van der Waals surface area contributed by atoms with Gasteiger partial charge in [0.25, 0.3) is 0 Å². The maximum absolute atomic E-state index is 11.0. The zero-order valence-corrected chi connectivity index (χ0v) is 12.0. The van der Waals surface area contributed by atoms with Crippen molar-refractivity contribution >= 4 is 11.7 Å². The Morgan fingerprint density at radius 1 is 1.40 bits per heavy atom. The number of benzene rings is 1. The average Bonchev–Trinajstić information content (AvgIpc) is 2.78. The van der Waals surface area contributed by atoms with E-state index in [-0.39, 0.29) is 0 Å². The number of anilines is 1. The summed E-state index contributed by atoms with van der Waals surface area (Å²) in [6, 6.07) is 5.09. The predicted molar refractivity (Wildman–Crippen MR) is 78.1 cm³/mol. The molecule has 20 heavy (non-hydrogen) atoms. The minimum atomic E-state index is -0.914. The number of aryl methyl sites for hydroxylation is 2. The third-order valence-electron chi connectivity index (χ3n) is 3.46. The van der Waals surface area contributed by atoms with E-state index in [4.69, 9.17) is 5.11 Å². The first-order chi connectivity index (χ1) is 9.52. The highest BCUT2D eigenvalue weighted by molar-refractivity contribution is 5.89. The lowest BCUT2D eigenvalue weighted by Crippen LogP contribution is -2.05. The van der Waals surface area contributed by atoms with Crippen LogP contribution in [0, 0.1) is 13.8 Å². The summed E-state index contributed by atoms with van der Waals surface area (Å²) in [6.07, 6.45) is 1.85. The van der Waals surface area contributed by atoms with Gasteiger partial charge in [-0.2, -0.15) is 5.10 Å². The van der Waals surface area contributed by atoms with Gasteiger partial charge in [-0.15, -0.1) is 0 Å². The van der Waals surface area contributed by atoms with Gasteiger partial charge < -0.3 is 10.4 Å². The average molecular weight is 273 g/mol. The molecule has 0 amide bonds. The highest BCUT2D eigenvalue weighted by Crippen LogP contribution is 2.18. The Labute approximate surface area is 118 Å². The zero-order chi connectivity index (χ0) is 14.7. The van der Waals surface area contributed by atoms with Crippen LogP contribution in [0.5, 0.6) is 0 Å². The third kappa shape index (κ3) is 2.82. The highest BCUT2D eigenvalue weighted by atomic mass is 16.4. The molecule has 0 aliphatic carbocycles. The molecule has 0 spiro atoms. The van der Waals surface area contributed by atoms with Crippen LogP contribution in [0.1, 0.15) is 34.1 Å². The maximum Gasteiger partial charge on any atom is 0.335 e. The van der Waals surface area contributed by atoms with Crippen molar-refractivity contribution in [1.29, 1.82) is 0 Å². The van der Waals surface area contributed by atoms with E-state index in [2.05, 4.69) is 17.3 Å². The lowest BCUT2D eigenvalue weighted by molar-refractivity contribution is 0.0697. The molecule has 2 N–H and O–H groups in total. The number of nitrogens with one attached hydrogen (secondary N) is 1. The van der Waals surface area contributed by atoms with E-state index in [0.717, 1.165) is 29.1 Å². The lowest BCUT2D eigenvalue weighted by atomic mass is 10.1. The molecule has 0 bridgehead atoms. The second-order valence-electron chi connectivity index (χ2n) is 4.76. The number of carboxylic acid groups (broad SMARTS) is 1. The predicted octanol–water partition coefficient (Wildman–Crippen LogP) is 2.83. The molecule has 5 nitrogen and oxygen atoms in total. The van der Waals surface area contributed by atoms with Gasteiger partial charge in [0.15, 0.2) is 0 Å². The summed E-state index contributed by atoms with van der Waals surface area (Å²) in [5.41, 5.74) is 4.40. The molecule has 0 unspecified atom stereocenters. The number of carbonyl (C=O) groups is 1. The lowest BCUT2D eigenvalue weighted by Gasteiger charge is -2.10. The van der Waals surface area contributed by atoms with Crippen molar-refractivity contribution < 1.29 is 9.90 Å². The summed E-state index contributed by atoms with van der Waals surface area (Å²) in [6.45, 7) is 7.52. The minimum Gasteiger partial charge on any atom is -0.478 e. The van der Waals surface area contributed by atoms with Crippen molar-refractivity contribution in [2.45, 2.75) is 33.9 Å². The van der Waals surface area contributed by atoms with E-state index < -0.39 is 5.97 Å². The van der Waals surface area contributed by atoms with Gasteiger partial charge in [-0.3, -0.25) is 4.68 Å². The van der Waals surface area contributed by atoms with Gasteiger partial charge in [-0.25, -0.2) is 4.79 Å². The van der Waals surface area contributed by atoms with Gasteiger partial charge in [0.05, 0.1) is 11.8 Å². The number of aromatic nitrogens is 2. The van der Waals surface area contributed by atoms with E-state index in [1.165, 1.54) is 0 Å². The second-order valence-corrected chi connectivity index (χ2v) is 4.76. The Hall–Kier alpha value is -2.30. The van der Waals surface area contributed by atoms with Crippen LogP contribution in [0.25, 0.3) is 0 Å². The molecule has 2 aromatic rings. The summed E-state index contributed by atoms with van der Waals surface area (Å²) in [4.78, 5) is 11.0. The Morgan fingerprint density at radius 2 is 2.15 bits per heavy atom. The summed E-state index contributed by atoms with van der Waals surface area (Å²) < 4.78 is 1.94. The van der Waals surface area contributed by atoms with Crippen LogP contribution in [-0.2, 0) is 13.1 Å². The molecule has 106 valence electrons. The van der Waals surface area contributed by atoms with Gasteiger partial charge in [0.2, 0.25) is 0 Å². The molecule has 1 aromatic carbocycles. The molecule has 0 fully saturated rings. The molecule has 0 aliphatic heterocycles. The fourth-order valence-corrected chi connectivity index (χ4v) is 2.11. The van der Waals surface area contributed by atoms with E-state index in [9.17, 15) is 4.79 Å². The van der Waals surface area contributed by atoms with E-state index in [1.54, 1.807) is 12.1 Å². The molecule has 1 heterocycles. The van der Waals surface area contributed by atoms with Crippen molar-refractivity contribution in [3.63, 3.8) is 0 Å². The van der Waals surface area contributed by atoms with Crippen LogP contribution >= 0.6 is 0 Å². The largest absolute Gasteiger partial charge is 0.478 e. The first kappa shape index (κ1) is 14.1. The maximum atomic E-state index is 11.0. The van der Waals surface area contributed by atoms with Crippen molar-refractivity contribution in [3.8, 4) is 0 Å². The molecule has 2 rings (SSSR count). The summed E-state index contributed by atoms with van der Waals surface area (Å²) in [5.74, 6) is -0.914. The fourth-order valence-electron chi connectivity index (χ4n) is 2.11. The molecule has 0 radical (unpaired) electrons. The minimum absolute atomic E-state index is 0.291. The van der Waals surface area contributed by atoms with Gasteiger partial charge in [-0.1, -0.05) is 6.07 Å². The van der Waals surface area contributed by atoms with Gasteiger partial charge in [0.1, 0.15) is 0 Å². The van der Waals surface area contributed by atoms with Crippen molar-refractivity contribution in [3.05, 3.63) is 46.8 Å². The molecule has 0 saturated carbocycles. The normalized spacial score (nSPS) is 10.6. The first-order valence-corrected chi connectivity index (χ1v) is 6.62. The van der Waals surface area contributed by atoms with Crippen LogP contribution in [-0.4, -0.2) is 20.9 Å². The van der Waals surface area contributed by atoms with Crippen LogP contribution in [0.15, 0.2) is 24.4 Å². The van der Waals surface area contributed by atoms with Gasteiger partial charge in [-0.05, 0) is 38.5 Å². The third-order valence-corrected chi connectivity index (χ3v) is 3.46. The molecule has 0 saturated heterocycles. The number of hydrogen-bond acceptors (Lipinski definition) is 3. The van der Waals surface area contributed by atoms with Crippen LogP contribution < -0.4 is 5.32 Å². The van der Waals surface area contributed by atoms with Crippen molar-refractivity contribution in [2.24, 2.45) is 0 Å².